The molecule has 2 heterocycles. The fraction of sp³-hybridized carbons (Fsp3) is 0.0769. The van der Waals surface area contributed by atoms with Crippen LogP contribution in [0.5, 0.6) is 0 Å². The molecule has 54 heavy (non-hydrogen) atoms. The molecule has 7 aromatic carbocycles. The number of benzene rings is 7. The summed E-state index contributed by atoms with van der Waals surface area (Å²) in [6.07, 6.45) is 6.39. The normalized spacial score (nSPS) is 13.9. The van der Waals surface area contributed by atoms with Gasteiger partial charge in [-0.3, -0.25) is 0 Å². The third-order valence-corrected chi connectivity index (χ3v) is 11.6. The van der Waals surface area contributed by atoms with Crippen LogP contribution in [0.25, 0.3) is 65.9 Å². The first-order valence-corrected chi connectivity index (χ1v) is 18.8. The Morgan fingerprint density at radius 2 is 1.11 bits per heavy atom. The van der Waals surface area contributed by atoms with Gasteiger partial charge in [0.2, 0.25) is 0 Å². The monoisotopic (exact) mass is 692 g/mol. The standard InChI is InChI=1S/C52H40N2/c1-5-14-46-40(6-2)41-32-27-37(33-47(41)52(46,3)4)36-25-30-39(31-26-36)53(38-28-23-35(24-29-38)34-15-8-7-9-16-34)49-22-13-20-45-44-19-12-18-43-42-17-10-11-21-48(42)54(50(43)44)51(45)49/h5-33H,2H2,1,3-4H3/b14-5-. The van der Waals surface area contributed by atoms with E-state index in [0.717, 1.165) is 17.1 Å². The topological polar surface area (TPSA) is 7.65 Å². The molecule has 0 amide bonds. The Morgan fingerprint density at radius 3 is 1.80 bits per heavy atom. The molecule has 1 aliphatic carbocycles. The maximum absolute atomic E-state index is 4.17. The number of hydrogen-bond acceptors (Lipinski definition) is 1. The van der Waals surface area contributed by atoms with Crippen LogP contribution >= 0.6 is 0 Å². The molecule has 0 unspecified atom stereocenters. The van der Waals surface area contributed by atoms with E-state index in [0.29, 0.717) is 0 Å². The lowest BCUT2D eigenvalue weighted by atomic mass is 9.80. The van der Waals surface area contributed by atoms with E-state index < -0.39 is 0 Å². The quantitative estimate of drug-likeness (QED) is 0.161. The largest absolute Gasteiger partial charge is 0.308 e. The average Bonchev–Trinajstić information content (AvgIpc) is 3.82. The number of allylic oxidation sites excluding steroid dienone is 5. The Kier molecular flexibility index (Phi) is 7.25. The minimum atomic E-state index is -0.108. The molecule has 2 nitrogen and oxygen atoms in total. The maximum Gasteiger partial charge on any atom is 0.0782 e. The summed E-state index contributed by atoms with van der Waals surface area (Å²) in [6, 6.07) is 58.0. The summed E-state index contributed by atoms with van der Waals surface area (Å²) in [5, 5.41) is 5.11. The number of nitrogens with zero attached hydrogens (tertiary/aromatic N) is 2. The van der Waals surface area contributed by atoms with Gasteiger partial charge in [0.05, 0.1) is 22.2 Å². The fourth-order valence-electron chi connectivity index (χ4n) is 9.08. The first kappa shape index (κ1) is 32.0. The van der Waals surface area contributed by atoms with E-state index in [4.69, 9.17) is 0 Å². The molecule has 0 bridgehead atoms. The summed E-state index contributed by atoms with van der Waals surface area (Å²) in [5.74, 6) is 0. The predicted molar refractivity (Wildman–Crippen MR) is 232 cm³/mol. The van der Waals surface area contributed by atoms with Crippen LogP contribution < -0.4 is 4.90 Å². The number of anilines is 3. The van der Waals surface area contributed by atoms with Crippen LogP contribution in [0.2, 0.25) is 0 Å². The van der Waals surface area contributed by atoms with Gasteiger partial charge < -0.3 is 9.30 Å². The van der Waals surface area contributed by atoms with Gasteiger partial charge in [0.1, 0.15) is 0 Å². The van der Waals surface area contributed by atoms with Gasteiger partial charge in [-0.05, 0) is 93.9 Å². The molecule has 258 valence electrons. The fourth-order valence-corrected chi connectivity index (χ4v) is 9.08. The highest BCUT2D eigenvalue weighted by molar-refractivity contribution is 6.25. The van der Waals surface area contributed by atoms with Crippen LogP contribution in [-0.2, 0) is 5.41 Å². The Morgan fingerprint density at radius 1 is 0.556 bits per heavy atom. The van der Waals surface area contributed by atoms with Crippen molar-refractivity contribution >= 4 is 60.7 Å². The summed E-state index contributed by atoms with van der Waals surface area (Å²) < 4.78 is 2.49. The molecule has 0 atom stereocenters. The molecule has 0 fully saturated rings. The number of para-hydroxylation sites is 3. The number of hydrogen-bond donors (Lipinski definition) is 0. The van der Waals surface area contributed by atoms with E-state index in [9.17, 15) is 0 Å². The lowest BCUT2D eigenvalue weighted by Gasteiger charge is -2.27. The summed E-state index contributed by atoms with van der Waals surface area (Å²) in [5.41, 5.74) is 17.0. The molecule has 2 heteroatoms. The van der Waals surface area contributed by atoms with Crippen LogP contribution in [0.15, 0.2) is 188 Å². The van der Waals surface area contributed by atoms with Gasteiger partial charge in [-0.1, -0.05) is 154 Å². The zero-order chi connectivity index (χ0) is 36.6. The van der Waals surface area contributed by atoms with Crippen molar-refractivity contribution in [2.24, 2.45) is 0 Å². The SMILES string of the molecule is C=CC1=C(/C=C\C)C(C)(C)c2cc(-c3ccc(N(c4ccc(-c5ccccc5)cc4)c4cccc5c6cccc7c8ccccc8n(c45)c76)cc3)ccc21. The summed E-state index contributed by atoms with van der Waals surface area (Å²) in [7, 11) is 0. The molecule has 10 rings (SSSR count). The third-order valence-electron chi connectivity index (χ3n) is 11.6. The molecule has 1 aliphatic rings. The van der Waals surface area contributed by atoms with Gasteiger partial charge >= 0.3 is 0 Å². The van der Waals surface area contributed by atoms with Crippen molar-refractivity contribution in [1.82, 2.24) is 4.40 Å². The maximum atomic E-state index is 4.17. The highest BCUT2D eigenvalue weighted by Gasteiger charge is 2.35. The molecule has 0 saturated heterocycles. The molecule has 0 radical (unpaired) electrons. The average molecular weight is 693 g/mol. The smallest absolute Gasteiger partial charge is 0.0782 e. The Bertz CT molecular complexity index is 2950. The van der Waals surface area contributed by atoms with Gasteiger partial charge in [-0.2, -0.15) is 0 Å². The zero-order valence-electron chi connectivity index (χ0n) is 30.8. The Labute approximate surface area is 316 Å². The van der Waals surface area contributed by atoms with E-state index in [1.165, 1.54) is 82.6 Å². The van der Waals surface area contributed by atoms with Crippen LogP contribution in [-0.4, -0.2) is 4.40 Å². The van der Waals surface area contributed by atoms with E-state index >= 15 is 0 Å². The summed E-state index contributed by atoms with van der Waals surface area (Å²) in [6.45, 7) is 10.9. The van der Waals surface area contributed by atoms with Crippen LogP contribution in [0.3, 0.4) is 0 Å². The molecule has 0 aliphatic heterocycles. The van der Waals surface area contributed by atoms with Crippen LogP contribution in [0, 0.1) is 0 Å². The van der Waals surface area contributed by atoms with Gasteiger partial charge in [-0.15, -0.1) is 0 Å². The van der Waals surface area contributed by atoms with Crippen molar-refractivity contribution in [3.63, 3.8) is 0 Å². The van der Waals surface area contributed by atoms with Crippen LogP contribution in [0.1, 0.15) is 31.9 Å². The van der Waals surface area contributed by atoms with Gasteiger partial charge in [0, 0.05) is 38.3 Å². The lowest BCUT2D eigenvalue weighted by Crippen LogP contribution is -2.16. The van der Waals surface area contributed by atoms with E-state index in [2.05, 4.69) is 207 Å². The lowest BCUT2D eigenvalue weighted by molar-refractivity contribution is 0.654. The number of rotatable bonds is 7. The van der Waals surface area contributed by atoms with Crippen LogP contribution in [0.4, 0.5) is 17.1 Å². The number of fused-ring (bicyclic) bond motifs is 7. The van der Waals surface area contributed by atoms with Gasteiger partial charge in [0.15, 0.2) is 0 Å². The molecule has 0 spiro atoms. The first-order valence-electron chi connectivity index (χ1n) is 18.8. The zero-order valence-corrected chi connectivity index (χ0v) is 30.8. The molecular weight excluding hydrogens is 653 g/mol. The van der Waals surface area contributed by atoms with E-state index in [1.54, 1.807) is 0 Å². The summed E-state index contributed by atoms with van der Waals surface area (Å²) >= 11 is 0. The van der Waals surface area contributed by atoms with E-state index in [1.807, 2.05) is 6.08 Å². The first-order chi connectivity index (χ1) is 26.5. The second-order valence-electron chi connectivity index (χ2n) is 14.9. The Balaban J connectivity index is 1.15. The van der Waals surface area contributed by atoms with Crippen molar-refractivity contribution in [1.29, 1.82) is 0 Å². The van der Waals surface area contributed by atoms with Gasteiger partial charge in [-0.25, -0.2) is 0 Å². The van der Waals surface area contributed by atoms with E-state index in [-0.39, 0.29) is 5.41 Å². The third kappa shape index (κ3) is 4.66. The number of aromatic nitrogens is 1. The molecule has 0 saturated carbocycles. The minimum absolute atomic E-state index is 0.108. The van der Waals surface area contributed by atoms with Gasteiger partial charge in [0.25, 0.3) is 0 Å². The predicted octanol–water partition coefficient (Wildman–Crippen LogP) is 14.4. The second kappa shape index (κ2) is 12.2. The van der Waals surface area contributed by atoms with Crippen molar-refractivity contribution in [3.8, 4) is 22.3 Å². The highest BCUT2D eigenvalue weighted by Crippen LogP contribution is 2.49. The van der Waals surface area contributed by atoms with Crippen molar-refractivity contribution in [3.05, 3.63) is 199 Å². The van der Waals surface area contributed by atoms with Crippen molar-refractivity contribution in [2.45, 2.75) is 26.2 Å². The highest BCUT2D eigenvalue weighted by atomic mass is 15.2. The van der Waals surface area contributed by atoms with Crippen molar-refractivity contribution in [2.75, 3.05) is 4.90 Å². The van der Waals surface area contributed by atoms with Crippen molar-refractivity contribution < 1.29 is 0 Å². The second-order valence-corrected chi connectivity index (χ2v) is 14.9. The molecule has 9 aromatic rings. The summed E-state index contributed by atoms with van der Waals surface area (Å²) in [4.78, 5) is 2.43. The molecule has 2 aromatic heterocycles. The molecule has 0 N–H and O–H groups in total. The minimum Gasteiger partial charge on any atom is -0.308 e. The Hall–Kier alpha value is -6.64. The molecular formula is C52H40N2.